The van der Waals surface area contributed by atoms with Crippen molar-refractivity contribution >= 4 is 5.97 Å². The average molecular weight is 453 g/mol. The number of carboxylic acids is 1. The number of aromatic nitrogens is 1. The highest BCUT2D eigenvalue weighted by atomic mass is 16.5. The summed E-state index contributed by atoms with van der Waals surface area (Å²) in [5.74, 6) is -0.260. The molecule has 0 aliphatic heterocycles. The lowest BCUT2D eigenvalue weighted by Gasteiger charge is -2.29. The van der Waals surface area contributed by atoms with E-state index < -0.39 is 24.0 Å². The van der Waals surface area contributed by atoms with Crippen molar-refractivity contribution in [3.8, 4) is 5.88 Å². The van der Waals surface area contributed by atoms with Crippen LogP contribution in [-0.2, 0) is 22.4 Å². The Morgan fingerprint density at radius 1 is 1.12 bits per heavy atom. The highest BCUT2D eigenvalue weighted by molar-refractivity contribution is 5.70. The minimum absolute atomic E-state index is 0.0528. The highest BCUT2D eigenvalue weighted by Gasteiger charge is 2.29. The van der Waals surface area contributed by atoms with E-state index in [9.17, 15) is 15.0 Å². The number of aliphatic carboxylic acids is 1. The summed E-state index contributed by atoms with van der Waals surface area (Å²) in [5.41, 5.74) is 8.55. The fraction of sp³-hybridized carbons (Fsp3) is 0.760. The molecule has 1 aromatic heterocycles. The van der Waals surface area contributed by atoms with Gasteiger partial charge in [-0.05, 0) is 67.9 Å². The van der Waals surface area contributed by atoms with E-state index in [4.69, 9.17) is 15.2 Å². The summed E-state index contributed by atoms with van der Waals surface area (Å²) in [5, 5.41) is 20.0. The highest BCUT2D eigenvalue weighted by Crippen LogP contribution is 2.27. The lowest BCUT2D eigenvalue weighted by atomic mass is 9.81. The molecule has 0 fully saturated rings. The monoisotopic (exact) mass is 452 g/mol. The number of nitrogens with zero attached hydrogens (tertiary/aromatic N) is 1. The number of nitrogens with two attached hydrogens (primary N) is 1. The Labute approximate surface area is 193 Å². The van der Waals surface area contributed by atoms with Gasteiger partial charge in [0.05, 0.1) is 19.1 Å². The molecule has 0 aliphatic carbocycles. The fourth-order valence-corrected chi connectivity index (χ4v) is 4.08. The number of hydrogen-bond acceptors (Lipinski definition) is 6. The van der Waals surface area contributed by atoms with E-state index >= 15 is 0 Å². The molecule has 0 spiro atoms. The molecular weight excluding hydrogens is 408 g/mol. The number of carbonyl (C=O) groups is 1. The van der Waals surface area contributed by atoms with Crippen molar-refractivity contribution in [2.45, 2.75) is 78.4 Å². The molecule has 0 bridgehead atoms. The van der Waals surface area contributed by atoms with Crippen molar-refractivity contribution in [3.63, 3.8) is 0 Å². The van der Waals surface area contributed by atoms with E-state index in [1.165, 1.54) is 0 Å². The van der Waals surface area contributed by atoms with Gasteiger partial charge in [-0.3, -0.25) is 4.79 Å². The summed E-state index contributed by atoms with van der Waals surface area (Å²) in [4.78, 5) is 16.0. The van der Waals surface area contributed by atoms with Crippen LogP contribution in [-0.4, -0.2) is 54.1 Å². The predicted octanol–water partition coefficient (Wildman–Crippen LogP) is 3.70. The summed E-state index contributed by atoms with van der Waals surface area (Å²) < 4.78 is 10.6. The number of ether oxygens (including phenoxy) is 2. The third-order valence-electron chi connectivity index (χ3n) is 6.35. The lowest BCUT2D eigenvalue weighted by molar-refractivity contribution is -0.144. The molecule has 0 amide bonds. The molecular formula is C25H44N2O5. The zero-order chi connectivity index (χ0) is 24.3. The lowest BCUT2D eigenvalue weighted by Crippen LogP contribution is -2.40. The van der Waals surface area contributed by atoms with Crippen LogP contribution < -0.4 is 10.5 Å². The summed E-state index contributed by atoms with van der Waals surface area (Å²) in [7, 11) is 3.35. The van der Waals surface area contributed by atoms with Gasteiger partial charge in [0, 0.05) is 31.5 Å². The third kappa shape index (κ3) is 9.43. The van der Waals surface area contributed by atoms with Crippen molar-refractivity contribution in [1.29, 1.82) is 0 Å². The van der Waals surface area contributed by atoms with Gasteiger partial charge in [-0.15, -0.1) is 0 Å². The van der Waals surface area contributed by atoms with Gasteiger partial charge in [0.25, 0.3) is 0 Å². The Hall–Kier alpha value is -1.70. The van der Waals surface area contributed by atoms with Gasteiger partial charge in [0.2, 0.25) is 5.88 Å². The van der Waals surface area contributed by atoms with E-state index in [1.54, 1.807) is 14.2 Å². The minimum atomic E-state index is -0.881. The predicted molar refractivity (Wildman–Crippen MR) is 127 cm³/mol. The first-order chi connectivity index (χ1) is 15.1. The molecule has 0 radical (unpaired) electrons. The minimum Gasteiger partial charge on any atom is -0.481 e. The van der Waals surface area contributed by atoms with E-state index in [-0.39, 0.29) is 18.3 Å². The maximum atomic E-state index is 11.5. The fourth-order valence-electron chi connectivity index (χ4n) is 4.08. The number of methoxy groups -OCH3 is 2. The smallest absolute Gasteiger partial charge is 0.306 e. The molecule has 184 valence electrons. The van der Waals surface area contributed by atoms with Crippen LogP contribution in [0.1, 0.15) is 64.5 Å². The van der Waals surface area contributed by atoms with E-state index in [2.05, 4.69) is 24.9 Å². The number of aliphatic hydroxyl groups is 1. The zero-order valence-corrected chi connectivity index (χ0v) is 20.7. The van der Waals surface area contributed by atoms with Gasteiger partial charge in [0.15, 0.2) is 0 Å². The van der Waals surface area contributed by atoms with Gasteiger partial charge in [0.1, 0.15) is 0 Å². The normalized spacial score (nSPS) is 15.6. The Morgan fingerprint density at radius 3 is 2.34 bits per heavy atom. The van der Waals surface area contributed by atoms with Crippen LogP contribution >= 0.6 is 0 Å². The van der Waals surface area contributed by atoms with Gasteiger partial charge >= 0.3 is 5.97 Å². The molecule has 7 nitrogen and oxygen atoms in total. The second-order valence-corrected chi connectivity index (χ2v) is 9.56. The molecule has 0 aromatic carbocycles. The van der Waals surface area contributed by atoms with E-state index in [0.717, 1.165) is 43.4 Å². The Morgan fingerprint density at radius 2 is 1.81 bits per heavy atom. The van der Waals surface area contributed by atoms with Crippen molar-refractivity contribution < 1.29 is 24.5 Å². The van der Waals surface area contributed by atoms with Crippen LogP contribution in [0.4, 0.5) is 0 Å². The van der Waals surface area contributed by atoms with Crippen molar-refractivity contribution in [2.75, 3.05) is 20.8 Å². The molecule has 7 heteroatoms. The maximum absolute atomic E-state index is 11.5. The molecule has 0 saturated heterocycles. The van der Waals surface area contributed by atoms with Crippen LogP contribution in [0.2, 0.25) is 0 Å². The summed E-state index contributed by atoms with van der Waals surface area (Å²) in [6, 6.07) is 1.69. The molecule has 0 unspecified atom stereocenters. The maximum Gasteiger partial charge on any atom is 0.306 e. The van der Waals surface area contributed by atoms with Crippen molar-refractivity contribution in [1.82, 2.24) is 4.98 Å². The largest absolute Gasteiger partial charge is 0.481 e. The van der Waals surface area contributed by atoms with Gasteiger partial charge < -0.3 is 25.4 Å². The first-order valence-electron chi connectivity index (χ1n) is 11.8. The number of carboxylic acid groups (broad SMARTS) is 1. The van der Waals surface area contributed by atoms with Gasteiger partial charge in [-0.1, -0.05) is 27.7 Å². The van der Waals surface area contributed by atoms with E-state index in [1.807, 2.05) is 20.0 Å². The Balaban J connectivity index is 2.84. The summed E-state index contributed by atoms with van der Waals surface area (Å²) >= 11 is 0. The number of aliphatic hydroxyl groups excluding tert-OH is 1. The number of unbranched alkanes of at least 4 members (excludes halogenated alkanes) is 1. The average Bonchev–Trinajstić information content (AvgIpc) is 2.73. The summed E-state index contributed by atoms with van der Waals surface area (Å²) in [6.07, 6.45) is 5.47. The molecule has 32 heavy (non-hydrogen) atoms. The first kappa shape index (κ1) is 28.3. The van der Waals surface area contributed by atoms with Crippen LogP contribution in [0.3, 0.4) is 0 Å². The van der Waals surface area contributed by atoms with Crippen LogP contribution in [0.5, 0.6) is 5.88 Å². The number of pyridine rings is 1. The second-order valence-electron chi connectivity index (χ2n) is 9.56. The number of hydrogen-bond donors (Lipinski definition) is 3. The Bertz CT molecular complexity index is 680. The summed E-state index contributed by atoms with van der Waals surface area (Å²) in [6.45, 7) is 8.76. The quantitative estimate of drug-likeness (QED) is 0.328. The molecule has 1 heterocycles. The van der Waals surface area contributed by atoms with Crippen molar-refractivity contribution in [2.24, 2.45) is 29.4 Å². The van der Waals surface area contributed by atoms with E-state index in [0.29, 0.717) is 18.2 Å². The zero-order valence-electron chi connectivity index (χ0n) is 20.7. The van der Waals surface area contributed by atoms with Crippen LogP contribution in [0.25, 0.3) is 0 Å². The second kappa shape index (κ2) is 14.4. The SMILES string of the molecule is COCCCCc1cc(C[C@@H](C[C@H](N)[C@@H](O)C[C@H](C(=O)O)C(C)C)C(C)C)cnc1OC. The first-order valence-corrected chi connectivity index (χ1v) is 11.8. The van der Waals surface area contributed by atoms with Crippen LogP contribution in [0, 0.1) is 23.7 Å². The molecule has 0 aliphatic rings. The Kier molecular flexibility index (Phi) is 12.8. The standard InChI is InChI=1S/C25H44N2O5/c1-16(2)20(13-22(26)23(28)14-21(17(3)4)25(29)30)12-18-11-19(9-7-8-10-31-5)24(32-6)27-15-18/h11,15-17,20-23,28H,7-10,12-14,26H2,1-6H3,(H,29,30)/t20-,21-,22-,23-/m0/s1. The van der Waals surface area contributed by atoms with Crippen LogP contribution in [0.15, 0.2) is 12.3 Å². The number of rotatable bonds is 16. The molecule has 0 saturated carbocycles. The molecule has 1 rings (SSSR count). The van der Waals surface area contributed by atoms with Crippen molar-refractivity contribution in [3.05, 3.63) is 23.4 Å². The van der Waals surface area contributed by atoms with Gasteiger partial charge in [-0.2, -0.15) is 0 Å². The molecule has 4 atom stereocenters. The third-order valence-corrected chi connectivity index (χ3v) is 6.35. The van der Waals surface area contributed by atoms with Gasteiger partial charge in [-0.25, -0.2) is 4.98 Å². The topological polar surface area (TPSA) is 115 Å². The molecule has 4 N–H and O–H groups in total. The number of aryl methyl sites for hydroxylation is 1. The molecule has 1 aromatic rings.